The predicted octanol–water partition coefficient (Wildman–Crippen LogP) is 6.73. The minimum absolute atomic E-state index is 0.409. The van der Waals surface area contributed by atoms with Crippen LogP contribution in [0.4, 0.5) is 0 Å². The highest BCUT2D eigenvalue weighted by Crippen LogP contribution is 2.15. The maximum atomic E-state index is 12.0. The van der Waals surface area contributed by atoms with Gasteiger partial charge in [0.2, 0.25) is 5.91 Å². The van der Waals surface area contributed by atoms with Crippen LogP contribution >= 0.6 is 0 Å². The van der Waals surface area contributed by atoms with E-state index in [0.29, 0.717) is 5.91 Å². The maximum Gasteiger partial charge on any atom is 0.222 e. The van der Waals surface area contributed by atoms with Crippen LogP contribution in [0.5, 0.6) is 0 Å². The minimum Gasteiger partial charge on any atom is -0.343 e. The molecule has 1 aliphatic heterocycles. The molecule has 0 bridgehead atoms. The maximum absolute atomic E-state index is 12.0. The van der Waals surface area contributed by atoms with E-state index in [9.17, 15) is 4.79 Å². The highest BCUT2D eigenvalue weighted by molar-refractivity contribution is 5.76. The standard InChI is InChI=1S/C22H43NO/c1-21(2)17-13-10-8-6-4-3-5-7-9-11-14-18-22(24)23-19-15-12-16-20-23/h21H,3-20H2,1-2H3. The molecule has 142 valence electrons. The summed E-state index contributed by atoms with van der Waals surface area (Å²) >= 11 is 0. The Morgan fingerprint density at radius 3 is 1.67 bits per heavy atom. The summed E-state index contributed by atoms with van der Waals surface area (Å²) in [6.07, 6.45) is 20.9. The van der Waals surface area contributed by atoms with Crippen LogP contribution in [0.15, 0.2) is 0 Å². The fourth-order valence-electron chi connectivity index (χ4n) is 3.72. The van der Waals surface area contributed by atoms with E-state index < -0.39 is 0 Å². The number of rotatable bonds is 14. The van der Waals surface area contributed by atoms with Gasteiger partial charge in [0.1, 0.15) is 0 Å². The van der Waals surface area contributed by atoms with E-state index in [-0.39, 0.29) is 0 Å². The van der Waals surface area contributed by atoms with Crippen LogP contribution < -0.4 is 0 Å². The fraction of sp³-hybridized carbons (Fsp3) is 0.955. The van der Waals surface area contributed by atoms with Crippen molar-refractivity contribution >= 4 is 5.91 Å². The highest BCUT2D eigenvalue weighted by Gasteiger charge is 2.15. The summed E-state index contributed by atoms with van der Waals surface area (Å²) in [5.41, 5.74) is 0. The molecule has 0 spiro atoms. The topological polar surface area (TPSA) is 20.3 Å². The molecule has 2 nitrogen and oxygen atoms in total. The van der Waals surface area contributed by atoms with Crippen molar-refractivity contribution in [3.05, 3.63) is 0 Å². The second-order valence-electron chi connectivity index (χ2n) is 8.26. The normalized spacial score (nSPS) is 15.2. The molecule has 0 aromatic carbocycles. The van der Waals surface area contributed by atoms with Gasteiger partial charge in [-0.3, -0.25) is 4.79 Å². The zero-order chi connectivity index (χ0) is 17.5. The first-order valence-electron chi connectivity index (χ1n) is 11.0. The Morgan fingerprint density at radius 1 is 0.708 bits per heavy atom. The number of hydrogen-bond acceptors (Lipinski definition) is 1. The Balaban J connectivity index is 1.76. The molecular formula is C22H43NO. The van der Waals surface area contributed by atoms with E-state index in [1.165, 1.54) is 89.9 Å². The lowest BCUT2D eigenvalue weighted by atomic mass is 10.0. The van der Waals surface area contributed by atoms with Crippen LogP contribution in [-0.4, -0.2) is 23.9 Å². The monoisotopic (exact) mass is 337 g/mol. The summed E-state index contributed by atoms with van der Waals surface area (Å²) in [6, 6.07) is 0. The Hall–Kier alpha value is -0.530. The summed E-state index contributed by atoms with van der Waals surface area (Å²) in [5, 5.41) is 0. The molecule has 24 heavy (non-hydrogen) atoms. The zero-order valence-corrected chi connectivity index (χ0v) is 16.7. The Bertz CT molecular complexity index is 294. The number of unbranched alkanes of at least 4 members (excludes halogenated alkanes) is 10. The predicted molar refractivity (Wildman–Crippen MR) is 105 cm³/mol. The Labute approximate surface area is 151 Å². The number of carbonyl (C=O) groups is 1. The first-order valence-corrected chi connectivity index (χ1v) is 11.0. The van der Waals surface area contributed by atoms with Crippen LogP contribution in [0.1, 0.15) is 117 Å². The summed E-state index contributed by atoms with van der Waals surface area (Å²) in [5.74, 6) is 1.28. The van der Waals surface area contributed by atoms with Crippen molar-refractivity contribution < 1.29 is 4.79 Å². The molecule has 0 aromatic rings. The van der Waals surface area contributed by atoms with Crippen molar-refractivity contribution in [2.24, 2.45) is 5.92 Å². The van der Waals surface area contributed by atoms with Crippen molar-refractivity contribution in [3.8, 4) is 0 Å². The van der Waals surface area contributed by atoms with Crippen molar-refractivity contribution in [2.45, 2.75) is 117 Å². The molecule has 1 rings (SSSR count). The lowest BCUT2D eigenvalue weighted by Gasteiger charge is -2.26. The minimum atomic E-state index is 0.409. The van der Waals surface area contributed by atoms with Gasteiger partial charge >= 0.3 is 0 Å². The van der Waals surface area contributed by atoms with Crippen molar-refractivity contribution in [3.63, 3.8) is 0 Å². The molecule has 1 heterocycles. The lowest BCUT2D eigenvalue weighted by Crippen LogP contribution is -2.35. The molecule has 1 amide bonds. The van der Waals surface area contributed by atoms with Crippen LogP contribution in [0.25, 0.3) is 0 Å². The Kier molecular flexibility index (Phi) is 13.3. The Morgan fingerprint density at radius 2 is 1.17 bits per heavy atom. The van der Waals surface area contributed by atoms with Gasteiger partial charge in [0.15, 0.2) is 0 Å². The van der Waals surface area contributed by atoms with Gasteiger partial charge in [0.25, 0.3) is 0 Å². The van der Waals surface area contributed by atoms with Gasteiger partial charge in [-0.15, -0.1) is 0 Å². The fourth-order valence-corrected chi connectivity index (χ4v) is 3.72. The summed E-state index contributed by atoms with van der Waals surface area (Å²) < 4.78 is 0. The first kappa shape index (κ1) is 21.5. The third kappa shape index (κ3) is 11.9. The molecule has 0 unspecified atom stereocenters. The van der Waals surface area contributed by atoms with E-state index in [0.717, 1.165) is 31.8 Å². The van der Waals surface area contributed by atoms with E-state index in [2.05, 4.69) is 18.7 Å². The number of amides is 1. The van der Waals surface area contributed by atoms with Crippen LogP contribution in [0.3, 0.4) is 0 Å². The number of hydrogen-bond donors (Lipinski definition) is 0. The van der Waals surface area contributed by atoms with Gasteiger partial charge in [-0.1, -0.05) is 84.5 Å². The number of carbonyl (C=O) groups excluding carboxylic acids is 1. The van der Waals surface area contributed by atoms with Crippen LogP contribution in [0, 0.1) is 5.92 Å². The second-order valence-corrected chi connectivity index (χ2v) is 8.26. The molecule has 0 aliphatic carbocycles. The summed E-state index contributed by atoms with van der Waals surface area (Å²) in [7, 11) is 0. The van der Waals surface area contributed by atoms with Crippen LogP contribution in [0.2, 0.25) is 0 Å². The first-order chi connectivity index (χ1) is 11.7. The average molecular weight is 338 g/mol. The zero-order valence-electron chi connectivity index (χ0n) is 16.7. The van der Waals surface area contributed by atoms with Crippen LogP contribution in [-0.2, 0) is 4.79 Å². The van der Waals surface area contributed by atoms with Gasteiger partial charge in [-0.25, -0.2) is 0 Å². The molecule has 1 aliphatic rings. The van der Waals surface area contributed by atoms with Crippen molar-refractivity contribution in [1.29, 1.82) is 0 Å². The van der Waals surface area contributed by atoms with E-state index in [4.69, 9.17) is 0 Å². The van der Waals surface area contributed by atoms with E-state index in [1.807, 2.05) is 0 Å². The smallest absolute Gasteiger partial charge is 0.222 e. The van der Waals surface area contributed by atoms with Gasteiger partial charge in [0.05, 0.1) is 0 Å². The molecule has 0 N–H and O–H groups in total. The van der Waals surface area contributed by atoms with Crippen molar-refractivity contribution in [2.75, 3.05) is 13.1 Å². The molecule has 0 radical (unpaired) electrons. The quantitative estimate of drug-likeness (QED) is 0.322. The third-order valence-corrected chi connectivity index (χ3v) is 5.38. The van der Waals surface area contributed by atoms with Gasteiger partial charge < -0.3 is 4.90 Å². The van der Waals surface area contributed by atoms with Crippen molar-refractivity contribution in [1.82, 2.24) is 4.90 Å². The largest absolute Gasteiger partial charge is 0.343 e. The molecule has 0 atom stereocenters. The average Bonchev–Trinajstić information content (AvgIpc) is 2.59. The molecular weight excluding hydrogens is 294 g/mol. The molecule has 2 heteroatoms. The molecule has 0 aromatic heterocycles. The highest BCUT2D eigenvalue weighted by atomic mass is 16.2. The second kappa shape index (κ2) is 14.8. The molecule has 0 saturated carbocycles. The van der Waals surface area contributed by atoms with Gasteiger partial charge in [-0.2, -0.15) is 0 Å². The van der Waals surface area contributed by atoms with E-state index >= 15 is 0 Å². The number of likely N-dealkylation sites (tertiary alicyclic amines) is 1. The lowest BCUT2D eigenvalue weighted by molar-refractivity contribution is -0.132. The SMILES string of the molecule is CC(C)CCCCCCCCCCCCCC(=O)N1CCCCC1. The summed E-state index contributed by atoms with van der Waals surface area (Å²) in [6.45, 7) is 6.67. The molecule has 1 fully saturated rings. The van der Waals surface area contributed by atoms with Gasteiger partial charge in [-0.05, 0) is 31.6 Å². The van der Waals surface area contributed by atoms with E-state index in [1.54, 1.807) is 0 Å². The summed E-state index contributed by atoms with van der Waals surface area (Å²) in [4.78, 5) is 14.1. The third-order valence-electron chi connectivity index (χ3n) is 5.38. The number of piperidine rings is 1. The number of nitrogens with zero attached hydrogens (tertiary/aromatic N) is 1. The molecule has 1 saturated heterocycles. The van der Waals surface area contributed by atoms with Gasteiger partial charge in [0, 0.05) is 19.5 Å².